The van der Waals surface area contributed by atoms with E-state index in [1.165, 1.54) is 0 Å². The van der Waals surface area contributed by atoms with E-state index < -0.39 is 0 Å². The number of rotatable bonds is 6. The first kappa shape index (κ1) is 22.3. The highest BCUT2D eigenvalue weighted by atomic mass is 16.5. The molecule has 0 aliphatic carbocycles. The van der Waals surface area contributed by atoms with Gasteiger partial charge in [-0.15, -0.1) is 0 Å². The number of hydrogen-bond donors (Lipinski definition) is 1. The van der Waals surface area contributed by atoms with Gasteiger partial charge in [-0.1, -0.05) is 18.2 Å². The van der Waals surface area contributed by atoms with Crippen molar-refractivity contribution in [2.75, 3.05) is 36.0 Å². The number of carbonyl (C=O) groups excluding carboxylic acids is 2. The third kappa shape index (κ3) is 4.45. The van der Waals surface area contributed by atoms with Crippen molar-refractivity contribution in [2.24, 2.45) is 5.92 Å². The van der Waals surface area contributed by atoms with Gasteiger partial charge >= 0.3 is 0 Å². The van der Waals surface area contributed by atoms with E-state index in [0.717, 1.165) is 35.6 Å². The third-order valence-corrected chi connectivity index (χ3v) is 6.32. The van der Waals surface area contributed by atoms with E-state index in [1.807, 2.05) is 30.3 Å². The predicted molar refractivity (Wildman–Crippen MR) is 127 cm³/mol. The van der Waals surface area contributed by atoms with Crippen molar-refractivity contribution >= 4 is 34.4 Å². The van der Waals surface area contributed by atoms with Crippen LogP contribution in [-0.4, -0.2) is 69.9 Å². The number of anilines is 2. The largest absolute Gasteiger partial charge is 0.372 e. The van der Waals surface area contributed by atoms with Crippen LogP contribution in [0.3, 0.4) is 0 Å². The molecule has 3 unspecified atom stereocenters. The molecule has 1 aromatic carbocycles. The number of ether oxygens (including phenoxy) is 1. The summed E-state index contributed by atoms with van der Waals surface area (Å²) in [5.74, 6) is 0.351. The average molecular weight is 464 g/mol. The Morgan fingerprint density at radius 1 is 1.12 bits per heavy atom. The monoisotopic (exact) mass is 463 g/mol. The minimum atomic E-state index is -0.360. The Morgan fingerprint density at radius 2 is 1.88 bits per heavy atom. The first-order valence-electron chi connectivity index (χ1n) is 11.7. The lowest BCUT2D eigenvalue weighted by Crippen LogP contribution is -2.45. The lowest BCUT2D eigenvalue weighted by atomic mass is 10.1. The summed E-state index contributed by atoms with van der Waals surface area (Å²) in [4.78, 5) is 38.0. The second-order valence-electron chi connectivity index (χ2n) is 9.00. The Balaban J connectivity index is 1.21. The normalized spacial score (nSPS) is 23.0. The van der Waals surface area contributed by atoms with Gasteiger partial charge in [0.1, 0.15) is 12.1 Å². The molecule has 10 heteroatoms. The number of nitrogens with zero attached hydrogens (tertiary/aromatic N) is 6. The van der Waals surface area contributed by atoms with E-state index in [-0.39, 0.29) is 36.4 Å². The second kappa shape index (κ2) is 9.38. The van der Waals surface area contributed by atoms with Crippen molar-refractivity contribution in [3.05, 3.63) is 42.9 Å². The van der Waals surface area contributed by atoms with Gasteiger partial charge in [0.15, 0.2) is 5.65 Å². The van der Waals surface area contributed by atoms with Crippen LogP contribution >= 0.6 is 0 Å². The number of benzene rings is 1. The molecule has 2 amide bonds. The Labute approximate surface area is 197 Å². The SMILES string of the molecule is CC1CN(c2ncnc3c2cnn3CCNC(=O)C2CC(=O)N(c3ccccc3)C2)CC(C)O1. The van der Waals surface area contributed by atoms with Crippen LogP contribution in [0, 0.1) is 5.92 Å². The molecule has 2 aliphatic rings. The number of aromatic nitrogens is 4. The smallest absolute Gasteiger partial charge is 0.227 e. The molecule has 178 valence electrons. The van der Waals surface area contributed by atoms with Crippen molar-refractivity contribution in [1.82, 2.24) is 25.1 Å². The van der Waals surface area contributed by atoms with Crippen LogP contribution in [0.15, 0.2) is 42.9 Å². The summed E-state index contributed by atoms with van der Waals surface area (Å²) in [6.45, 7) is 6.91. The molecule has 3 atom stereocenters. The van der Waals surface area contributed by atoms with Crippen molar-refractivity contribution in [3.63, 3.8) is 0 Å². The number of fused-ring (bicyclic) bond motifs is 1. The Kier molecular flexibility index (Phi) is 6.14. The topological polar surface area (TPSA) is 105 Å². The fraction of sp³-hybridized carbons (Fsp3) is 0.458. The molecule has 1 N–H and O–H groups in total. The fourth-order valence-electron chi connectivity index (χ4n) is 4.82. The van der Waals surface area contributed by atoms with Crippen LogP contribution in [0.4, 0.5) is 11.5 Å². The molecule has 0 bridgehead atoms. The molecule has 2 saturated heterocycles. The first-order chi connectivity index (χ1) is 16.5. The summed E-state index contributed by atoms with van der Waals surface area (Å²) in [5, 5.41) is 8.33. The van der Waals surface area contributed by atoms with Gasteiger partial charge in [-0.3, -0.25) is 9.59 Å². The Bertz CT molecular complexity index is 1170. The standard InChI is InChI=1S/C24H29N7O3/c1-16-12-29(13-17(2)34-16)22-20-11-28-31(23(20)27-15-26-22)9-8-25-24(33)18-10-21(32)30(14-18)19-6-4-3-5-7-19/h3-7,11,15-18H,8-10,12-14H2,1-2H3,(H,25,33). The molecule has 0 saturated carbocycles. The van der Waals surface area contributed by atoms with Gasteiger partial charge in [0.05, 0.1) is 36.3 Å². The van der Waals surface area contributed by atoms with Gasteiger partial charge in [-0.25, -0.2) is 14.6 Å². The number of nitrogens with one attached hydrogen (secondary N) is 1. The highest BCUT2D eigenvalue weighted by molar-refractivity contribution is 6.00. The van der Waals surface area contributed by atoms with Crippen molar-refractivity contribution in [3.8, 4) is 0 Å². The molecular weight excluding hydrogens is 434 g/mol. The maximum atomic E-state index is 12.7. The summed E-state index contributed by atoms with van der Waals surface area (Å²) in [5.41, 5.74) is 1.56. The zero-order chi connectivity index (χ0) is 23.7. The minimum absolute atomic E-state index is 0.0274. The summed E-state index contributed by atoms with van der Waals surface area (Å²) < 4.78 is 7.62. The number of morpholine rings is 1. The van der Waals surface area contributed by atoms with Crippen LogP contribution < -0.4 is 15.1 Å². The molecule has 3 aromatic rings. The lowest BCUT2D eigenvalue weighted by molar-refractivity contribution is -0.126. The van der Waals surface area contributed by atoms with Crippen LogP contribution in [0.1, 0.15) is 20.3 Å². The van der Waals surface area contributed by atoms with Gasteiger partial charge in [0.2, 0.25) is 11.8 Å². The van der Waals surface area contributed by atoms with Crippen LogP contribution in [0.2, 0.25) is 0 Å². The molecule has 5 rings (SSSR count). The molecule has 34 heavy (non-hydrogen) atoms. The highest BCUT2D eigenvalue weighted by Gasteiger charge is 2.35. The number of amides is 2. The maximum Gasteiger partial charge on any atom is 0.227 e. The van der Waals surface area contributed by atoms with Crippen LogP contribution in [-0.2, 0) is 20.9 Å². The third-order valence-electron chi connectivity index (χ3n) is 6.32. The van der Waals surface area contributed by atoms with Crippen LogP contribution in [0.5, 0.6) is 0 Å². The molecule has 10 nitrogen and oxygen atoms in total. The van der Waals surface area contributed by atoms with E-state index in [0.29, 0.717) is 19.6 Å². The molecule has 4 heterocycles. The van der Waals surface area contributed by atoms with Crippen molar-refractivity contribution in [2.45, 2.75) is 39.0 Å². The van der Waals surface area contributed by atoms with E-state index in [1.54, 1.807) is 22.1 Å². The van der Waals surface area contributed by atoms with Gasteiger partial charge < -0.3 is 19.9 Å². The number of carbonyl (C=O) groups is 2. The summed E-state index contributed by atoms with van der Waals surface area (Å²) in [7, 11) is 0. The van der Waals surface area contributed by atoms with E-state index in [9.17, 15) is 9.59 Å². The Morgan fingerprint density at radius 3 is 2.65 bits per heavy atom. The summed E-state index contributed by atoms with van der Waals surface area (Å²) in [6, 6.07) is 9.45. The van der Waals surface area contributed by atoms with E-state index in [4.69, 9.17) is 4.74 Å². The minimum Gasteiger partial charge on any atom is -0.372 e. The van der Waals surface area contributed by atoms with Gasteiger partial charge in [-0.05, 0) is 26.0 Å². The van der Waals surface area contributed by atoms with E-state index in [2.05, 4.69) is 39.1 Å². The average Bonchev–Trinajstić information content (AvgIpc) is 3.42. The molecule has 0 radical (unpaired) electrons. The molecular formula is C24H29N7O3. The zero-order valence-electron chi connectivity index (χ0n) is 19.4. The second-order valence-corrected chi connectivity index (χ2v) is 9.00. The maximum absolute atomic E-state index is 12.7. The van der Waals surface area contributed by atoms with Crippen LogP contribution in [0.25, 0.3) is 11.0 Å². The first-order valence-corrected chi connectivity index (χ1v) is 11.7. The van der Waals surface area contributed by atoms with Gasteiger partial charge in [0.25, 0.3) is 0 Å². The van der Waals surface area contributed by atoms with Gasteiger partial charge in [0, 0.05) is 38.3 Å². The van der Waals surface area contributed by atoms with Gasteiger partial charge in [-0.2, -0.15) is 5.10 Å². The molecule has 2 fully saturated rings. The van der Waals surface area contributed by atoms with Crippen molar-refractivity contribution < 1.29 is 14.3 Å². The molecule has 2 aromatic heterocycles. The number of para-hydroxylation sites is 1. The summed E-state index contributed by atoms with van der Waals surface area (Å²) >= 11 is 0. The summed E-state index contributed by atoms with van der Waals surface area (Å²) in [6.07, 6.45) is 3.81. The number of hydrogen-bond acceptors (Lipinski definition) is 7. The molecule has 0 spiro atoms. The predicted octanol–water partition coefficient (Wildman–Crippen LogP) is 1.61. The quantitative estimate of drug-likeness (QED) is 0.592. The Hall–Kier alpha value is -3.53. The molecule has 2 aliphatic heterocycles. The highest BCUT2D eigenvalue weighted by Crippen LogP contribution is 2.26. The lowest BCUT2D eigenvalue weighted by Gasteiger charge is -2.36. The fourth-order valence-corrected chi connectivity index (χ4v) is 4.82. The zero-order valence-corrected chi connectivity index (χ0v) is 19.4. The van der Waals surface area contributed by atoms with E-state index >= 15 is 0 Å². The van der Waals surface area contributed by atoms with Crippen molar-refractivity contribution in [1.29, 1.82) is 0 Å².